The Kier molecular flexibility index (Phi) is 3.90. The highest BCUT2D eigenvalue weighted by Gasteiger charge is 2.14. The lowest BCUT2D eigenvalue weighted by Gasteiger charge is -2.07. The molecule has 0 bridgehead atoms. The van der Waals surface area contributed by atoms with Crippen molar-refractivity contribution in [2.45, 2.75) is 26.8 Å². The Hall–Kier alpha value is -1.81. The van der Waals surface area contributed by atoms with Crippen LogP contribution in [-0.2, 0) is 0 Å². The van der Waals surface area contributed by atoms with Gasteiger partial charge in [0, 0.05) is 11.7 Å². The number of halogens is 1. The number of benzene rings is 1. The third-order valence-corrected chi connectivity index (χ3v) is 3.10. The van der Waals surface area contributed by atoms with E-state index in [4.69, 9.17) is 11.6 Å². The summed E-state index contributed by atoms with van der Waals surface area (Å²) >= 11 is 6.00. The first kappa shape index (κ1) is 13.6. The van der Waals surface area contributed by atoms with Crippen molar-refractivity contribution in [1.82, 2.24) is 9.78 Å². The molecule has 1 amide bonds. The second-order valence-electron chi connectivity index (χ2n) is 4.64. The van der Waals surface area contributed by atoms with Crippen molar-refractivity contribution < 1.29 is 4.79 Å². The smallest absolute Gasteiger partial charge is 0.276 e. The molecule has 0 radical (unpaired) electrons. The standard InChI is InChI=1S/C14H16ClN3O/c1-9(2)18-10(3)8-13(17-18)14(19)16-12-7-5-4-6-11(12)15/h4-9H,1-3H3,(H,16,19). The summed E-state index contributed by atoms with van der Waals surface area (Å²) < 4.78 is 1.82. The Labute approximate surface area is 117 Å². The van der Waals surface area contributed by atoms with Gasteiger partial charge in [-0.2, -0.15) is 5.10 Å². The van der Waals surface area contributed by atoms with Crippen LogP contribution in [0.15, 0.2) is 30.3 Å². The van der Waals surface area contributed by atoms with E-state index in [1.165, 1.54) is 0 Å². The van der Waals surface area contributed by atoms with E-state index in [1.54, 1.807) is 18.2 Å². The highest BCUT2D eigenvalue weighted by molar-refractivity contribution is 6.33. The maximum atomic E-state index is 12.1. The lowest BCUT2D eigenvalue weighted by molar-refractivity contribution is 0.102. The average molecular weight is 278 g/mol. The molecule has 0 unspecified atom stereocenters. The molecule has 1 N–H and O–H groups in total. The van der Waals surface area contributed by atoms with Gasteiger partial charge in [0.05, 0.1) is 10.7 Å². The van der Waals surface area contributed by atoms with E-state index in [0.29, 0.717) is 16.4 Å². The molecular formula is C14H16ClN3O. The highest BCUT2D eigenvalue weighted by atomic mass is 35.5. The molecule has 0 aliphatic heterocycles. The summed E-state index contributed by atoms with van der Waals surface area (Å²) in [5.41, 5.74) is 1.94. The maximum Gasteiger partial charge on any atom is 0.276 e. The molecule has 5 heteroatoms. The normalized spacial score (nSPS) is 10.8. The van der Waals surface area contributed by atoms with Gasteiger partial charge in [0.2, 0.25) is 0 Å². The van der Waals surface area contributed by atoms with E-state index in [0.717, 1.165) is 5.69 Å². The van der Waals surface area contributed by atoms with Crippen molar-refractivity contribution in [1.29, 1.82) is 0 Å². The summed E-state index contributed by atoms with van der Waals surface area (Å²) in [4.78, 5) is 12.1. The second-order valence-corrected chi connectivity index (χ2v) is 5.05. The lowest BCUT2D eigenvalue weighted by Crippen LogP contribution is -2.14. The summed E-state index contributed by atoms with van der Waals surface area (Å²) in [6.07, 6.45) is 0. The number of carbonyl (C=O) groups excluding carboxylic acids is 1. The van der Waals surface area contributed by atoms with E-state index in [-0.39, 0.29) is 11.9 Å². The number of para-hydroxylation sites is 1. The molecule has 4 nitrogen and oxygen atoms in total. The molecule has 19 heavy (non-hydrogen) atoms. The molecule has 1 aromatic heterocycles. The Morgan fingerprint density at radius 3 is 2.63 bits per heavy atom. The van der Waals surface area contributed by atoms with Crippen LogP contribution in [0.2, 0.25) is 5.02 Å². The van der Waals surface area contributed by atoms with Crippen molar-refractivity contribution in [2.24, 2.45) is 0 Å². The monoisotopic (exact) mass is 277 g/mol. The Morgan fingerprint density at radius 1 is 1.37 bits per heavy atom. The van der Waals surface area contributed by atoms with Gasteiger partial charge < -0.3 is 5.32 Å². The Bertz CT molecular complexity index is 604. The number of hydrogen-bond donors (Lipinski definition) is 1. The van der Waals surface area contributed by atoms with Gasteiger partial charge >= 0.3 is 0 Å². The SMILES string of the molecule is Cc1cc(C(=O)Nc2ccccc2Cl)nn1C(C)C. The van der Waals surface area contributed by atoms with Crippen LogP contribution in [0, 0.1) is 6.92 Å². The Balaban J connectivity index is 2.21. The average Bonchev–Trinajstić information content (AvgIpc) is 2.74. The van der Waals surface area contributed by atoms with Crippen molar-refractivity contribution in [3.8, 4) is 0 Å². The van der Waals surface area contributed by atoms with E-state index in [1.807, 2.05) is 37.6 Å². The molecule has 0 fully saturated rings. The number of nitrogens with zero attached hydrogens (tertiary/aromatic N) is 2. The van der Waals surface area contributed by atoms with Gasteiger partial charge in [-0.3, -0.25) is 9.48 Å². The van der Waals surface area contributed by atoms with E-state index in [2.05, 4.69) is 10.4 Å². The van der Waals surface area contributed by atoms with Gasteiger partial charge in [0.1, 0.15) is 0 Å². The topological polar surface area (TPSA) is 46.9 Å². The molecule has 100 valence electrons. The van der Waals surface area contributed by atoms with Crippen LogP contribution in [0.3, 0.4) is 0 Å². The predicted molar refractivity (Wildman–Crippen MR) is 76.8 cm³/mol. The number of rotatable bonds is 3. The largest absolute Gasteiger partial charge is 0.319 e. The number of anilines is 1. The minimum atomic E-state index is -0.254. The molecule has 1 aromatic carbocycles. The van der Waals surface area contributed by atoms with Crippen LogP contribution in [0.5, 0.6) is 0 Å². The van der Waals surface area contributed by atoms with Gasteiger partial charge in [-0.15, -0.1) is 0 Å². The van der Waals surface area contributed by atoms with Gasteiger partial charge in [-0.1, -0.05) is 23.7 Å². The molecule has 0 saturated carbocycles. The van der Waals surface area contributed by atoms with Gasteiger partial charge in [-0.25, -0.2) is 0 Å². The molecule has 0 atom stereocenters. The third-order valence-electron chi connectivity index (χ3n) is 2.77. The fourth-order valence-electron chi connectivity index (χ4n) is 1.87. The quantitative estimate of drug-likeness (QED) is 0.930. The van der Waals surface area contributed by atoms with Crippen LogP contribution in [0.4, 0.5) is 5.69 Å². The molecule has 0 aliphatic carbocycles. The van der Waals surface area contributed by atoms with Crippen LogP contribution >= 0.6 is 11.6 Å². The van der Waals surface area contributed by atoms with Crippen LogP contribution in [-0.4, -0.2) is 15.7 Å². The molecule has 2 aromatic rings. The number of carbonyl (C=O) groups is 1. The molecule has 0 spiro atoms. The zero-order chi connectivity index (χ0) is 14.0. The summed E-state index contributed by atoms with van der Waals surface area (Å²) in [5.74, 6) is -0.254. The number of aromatic nitrogens is 2. The molecule has 0 aliphatic rings. The third kappa shape index (κ3) is 2.96. The predicted octanol–water partition coefficient (Wildman–Crippen LogP) is 3.68. The summed E-state index contributed by atoms with van der Waals surface area (Å²) in [6, 6.07) is 9.12. The first-order valence-electron chi connectivity index (χ1n) is 6.11. The van der Waals surface area contributed by atoms with Crippen molar-refractivity contribution in [3.05, 3.63) is 46.7 Å². The lowest BCUT2D eigenvalue weighted by atomic mass is 10.3. The minimum absolute atomic E-state index is 0.224. The Morgan fingerprint density at radius 2 is 2.05 bits per heavy atom. The number of aryl methyl sites for hydroxylation is 1. The van der Waals surface area contributed by atoms with Crippen molar-refractivity contribution in [2.75, 3.05) is 5.32 Å². The summed E-state index contributed by atoms with van der Waals surface area (Å²) in [6.45, 7) is 5.98. The molecular weight excluding hydrogens is 262 g/mol. The van der Waals surface area contributed by atoms with Crippen LogP contribution in [0.25, 0.3) is 0 Å². The minimum Gasteiger partial charge on any atom is -0.319 e. The summed E-state index contributed by atoms with van der Waals surface area (Å²) in [5, 5.41) is 7.57. The van der Waals surface area contributed by atoms with Gasteiger partial charge in [-0.05, 0) is 39.0 Å². The van der Waals surface area contributed by atoms with Crippen molar-refractivity contribution in [3.63, 3.8) is 0 Å². The number of hydrogen-bond acceptors (Lipinski definition) is 2. The van der Waals surface area contributed by atoms with Crippen molar-refractivity contribution >= 4 is 23.2 Å². The first-order chi connectivity index (χ1) is 8.99. The number of amides is 1. The van der Waals surface area contributed by atoms with E-state index in [9.17, 15) is 4.79 Å². The maximum absolute atomic E-state index is 12.1. The number of nitrogens with one attached hydrogen (secondary N) is 1. The van der Waals surface area contributed by atoms with Gasteiger partial charge in [0.25, 0.3) is 5.91 Å². The molecule has 2 rings (SSSR count). The zero-order valence-corrected chi connectivity index (χ0v) is 11.9. The molecule has 1 heterocycles. The van der Waals surface area contributed by atoms with E-state index < -0.39 is 0 Å². The fraction of sp³-hybridized carbons (Fsp3) is 0.286. The van der Waals surface area contributed by atoms with Crippen LogP contribution < -0.4 is 5.32 Å². The second kappa shape index (κ2) is 5.45. The van der Waals surface area contributed by atoms with Gasteiger partial charge in [0.15, 0.2) is 5.69 Å². The summed E-state index contributed by atoms with van der Waals surface area (Å²) in [7, 11) is 0. The zero-order valence-electron chi connectivity index (χ0n) is 11.1. The van der Waals surface area contributed by atoms with Crippen LogP contribution in [0.1, 0.15) is 36.1 Å². The van der Waals surface area contributed by atoms with E-state index >= 15 is 0 Å². The molecule has 0 saturated heterocycles. The fourth-order valence-corrected chi connectivity index (χ4v) is 2.05. The highest BCUT2D eigenvalue weighted by Crippen LogP contribution is 2.21. The first-order valence-corrected chi connectivity index (χ1v) is 6.49.